The summed E-state index contributed by atoms with van der Waals surface area (Å²) in [6.07, 6.45) is 0.362. The third-order valence-electron chi connectivity index (χ3n) is 4.18. The van der Waals surface area contributed by atoms with Gasteiger partial charge in [-0.25, -0.2) is 18.4 Å². The normalized spacial score (nSPS) is 11.6. The van der Waals surface area contributed by atoms with Crippen molar-refractivity contribution in [1.82, 2.24) is 9.97 Å². The summed E-state index contributed by atoms with van der Waals surface area (Å²) in [6, 6.07) is 16.1. The van der Waals surface area contributed by atoms with Gasteiger partial charge in [-0.2, -0.15) is 0 Å². The lowest BCUT2D eigenvalue weighted by Crippen LogP contribution is -2.14. The van der Waals surface area contributed by atoms with Gasteiger partial charge in [0.25, 0.3) is 0 Å². The van der Waals surface area contributed by atoms with Gasteiger partial charge in [-0.3, -0.25) is 4.79 Å². The van der Waals surface area contributed by atoms with Crippen LogP contribution >= 0.6 is 22.7 Å². The number of carbonyl (C=O) groups is 1. The van der Waals surface area contributed by atoms with Crippen molar-refractivity contribution in [3.05, 3.63) is 60.0 Å². The Morgan fingerprint density at radius 2 is 1.76 bits per heavy atom. The number of amides is 1. The molecule has 29 heavy (non-hydrogen) atoms. The third-order valence-corrected chi connectivity index (χ3v) is 7.82. The molecule has 6 nitrogen and oxygen atoms in total. The molecule has 0 bridgehead atoms. The highest BCUT2D eigenvalue weighted by atomic mass is 32.2. The van der Waals surface area contributed by atoms with E-state index < -0.39 is 9.84 Å². The van der Waals surface area contributed by atoms with Crippen LogP contribution in [0.4, 0.5) is 5.13 Å². The van der Waals surface area contributed by atoms with E-state index in [2.05, 4.69) is 15.3 Å². The number of benzene rings is 2. The van der Waals surface area contributed by atoms with Crippen molar-refractivity contribution in [2.45, 2.75) is 17.7 Å². The van der Waals surface area contributed by atoms with Crippen LogP contribution in [0.5, 0.6) is 0 Å². The average Bonchev–Trinajstić information content (AvgIpc) is 3.35. The van der Waals surface area contributed by atoms with Crippen molar-refractivity contribution in [2.24, 2.45) is 0 Å². The van der Waals surface area contributed by atoms with Gasteiger partial charge in [0.2, 0.25) is 5.91 Å². The first-order chi connectivity index (χ1) is 14.0. The van der Waals surface area contributed by atoms with Gasteiger partial charge in [-0.15, -0.1) is 22.7 Å². The number of rotatable bonds is 7. The van der Waals surface area contributed by atoms with Crippen LogP contribution in [0, 0.1) is 0 Å². The SMILES string of the molecule is O=C(CCCS(=O)(=O)c1ccccc1)Nc1nc(-c2nc3ccccc3s2)cs1. The van der Waals surface area contributed by atoms with Gasteiger partial charge in [0.05, 0.1) is 20.9 Å². The number of thiazole rings is 2. The minimum absolute atomic E-state index is 0.0702. The quantitative estimate of drug-likeness (QED) is 0.450. The Bertz CT molecular complexity index is 1210. The molecule has 0 fully saturated rings. The van der Waals surface area contributed by atoms with Crippen molar-refractivity contribution in [1.29, 1.82) is 0 Å². The first-order valence-corrected chi connectivity index (χ1v) is 12.3. The molecule has 0 atom stereocenters. The summed E-state index contributed by atoms with van der Waals surface area (Å²) in [5.41, 5.74) is 1.64. The molecule has 0 spiro atoms. The number of fused-ring (bicyclic) bond motifs is 1. The molecule has 4 rings (SSSR count). The molecule has 2 aromatic carbocycles. The molecule has 0 unspecified atom stereocenters. The van der Waals surface area contributed by atoms with Crippen LogP contribution in [0.1, 0.15) is 12.8 Å². The molecule has 0 radical (unpaired) electrons. The van der Waals surface area contributed by atoms with Crippen LogP contribution in [0.25, 0.3) is 20.9 Å². The Labute approximate surface area is 176 Å². The van der Waals surface area contributed by atoms with Crippen molar-refractivity contribution in [2.75, 3.05) is 11.1 Å². The van der Waals surface area contributed by atoms with Crippen LogP contribution in [-0.2, 0) is 14.6 Å². The highest BCUT2D eigenvalue weighted by Crippen LogP contribution is 2.31. The van der Waals surface area contributed by atoms with Crippen molar-refractivity contribution >= 4 is 53.8 Å². The monoisotopic (exact) mass is 443 g/mol. The van der Waals surface area contributed by atoms with E-state index in [0.717, 1.165) is 20.9 Å². The predicted octanol–water partition coefficient (Wildman–Crippen LogP) is 4.61. The molecule has 2 heterocycles. The fourth-order valence-electron chi connectivity index (χ4n) is 2.76. The highest BCUT2D eigenvalue weighted by Gasteiger charge is 2.15. The second-order valence-corrected chi connectivity index (χ2v) is 10.3. The van der Waals surface area contributed by atoms with E-state index in [0.29, 0.717) is 5.13 Å². The molecule has 9 heteroatoms. The summed E-state index contributed by atoms with van der Waals surface area (Å²) in [5, 5.41) is 5.88. The zero-order valence-corrected chi connectivity index (χ0v) is 17.7. The second kappa shape index (κ2) is 8.40. The van der Waals surface area contributed by atoms with E-state index in [1.165, 1.54) is 11.3 Å². The van der Waals surface area contributed by atoms with E-state index in [1.807, 2.05) is 29.6 Å². The maximum Gasteiger partial charge on any atom is 0.226 e. The van der Waals surface area contributed by atoms with Crippen LogP contribution < -0.4 is 5.32 Å². The minimum atomic E-state index is -3.37. The summed E-state index contributed by atoms with van der Waals surface area (Å²) < 4.78 is 25.6. The average molecular weight is 444 g/mol. The van der Waals surface area contributed by atoms with Crippen LogP contribution in [-0.4, -0.2) is 30.0 Å². The lowest BCUT2D eigenvalue weighted by molar-refractivity contribution is -0.116. The zero-order chi connectivity index (χ0) is 20.3. The zero-order valence-electron chi connectivity index (χ0n) is 15.2. The van der Waals surface area contributed by atoms with Crippen LogP contribution in [0.2, 0.25) is 0 Å². The lowest BCUT2D eigenvalue weighted by Gasteiger charge is -2.04. The maximum atomic E-state index is 12.3. The number of sulfone groups is 1. The van der Waals surface area contributed by atoms with Crippen LogP contribution in [0.15, 0.2) is 64.9 Å². The van der Waals surface area contributed by atoms with E-state index in [4.69, 9.17) is 0 Å². The standard InChI is InChI=1S/C20H17N3O3S3/c24-18(11-6-12-29(25,26)14-7-2-1-3-8-14)23-20-22-16(13-27-20)19-21-15-9-4-5-10-17(15)28-19/h1-5,7-10,13H,6,11-12H2,(H,22,23,24). The Kier molecular flexibility index (Phi) is 5.70. The van der Waals surface area contributed by atoms with Crippen LogP contribution in [0.3, 0.4) is 0 Å². The number of carbonyl (C=O) groups excluding carboxylic acids is 1. The molecule has 0 aliphatic rings. The summed E-state index contributed by atoms with van der Waals surface area (Å²) in [4.78, 5) is 21.4. The van der Waals surface area contributed by atoms with Crippen molar-refractivity contribution in [3.63, 3.8) is 0 Å². The van der Waals surface area contributed by atoms with E-state index in [1.54, 1.807) is 41.7 Å². The summed E-state index contributed by atoms with van der Waals surface area (Å²) in [5.74, 6) is -0.322. The molecule has 0 saturated heterocycles. The second-order valence-electron chi connectivity index (χ2n) is 6.31. The fraction of sp³-hybridized carbons (Fsp3) is 0.150. The number of hydrogen-bond donors (Lipinski definition) is 1. The van der Waals surface area contributed by atoms with Gasteiger partial charge in [0.15, 0.2) is 15.0 Å². The van der Waals surface area contributed by atoms with Crippen molar-refractivity contribution < 1.29 is 13.2 Å². The van der Waals surface area contributed by atoms with Gasteiger partial charge < -0.3 is 5.32 Å². The number of anilines is 1. The molecular formula is C20H17N3O3S3. The smallest absolute Gasteiger partial charge is 0.226 e. The van der Waals surface area contributed by atoms with E-state index in [9.17, 15) is 13.2 Å². The minimum Gasteiger partial charge on any atom is -0.302 e. The summed E-state index contributed by atoms with van der Waals surface area (Å²) in [7, 11) is -3.37. The molecule has 1 amide bonds. The Morgan fingerprint density at radius 1 is 1.00 bits per heavy atom. The molecule has 2 aromatic heterocycles. The first-order valence-electron chi connectivity index (χ1n) is 8.90. The molecule has 1 N–H and O–H groups in total. The van der Waals surface area contributed by atoms with Gasteiger partial charge in [0.1, 0.15) is 10.7 Å². The molecule has 148 valence electrons. The first kappa shape index (κ1) is 19.7. The molecule has 0 saturated carbocycles. The molecule has 0 aliphatic heterocycles. The highest BCUT2D eigenvalue weighted by molar-refractivity contribution is 7.91. The number of aromatic nitrogens is 2. The van der Waals surface area contributed by atoms with Crippen molar-refractivity contribution in [3.8, 4) is 10.7 Å². The van der Waals surface area contributed by atoms with Gasteiger partial charge in [-0.1, -0.05) is 30.3 Å². The molecule has 0 aliphatic carbocycles. The largest absolute Gasteiger partial charge is 0.302 e. The summed E-state index contributed by atoms with van der Waals surface area (Å²) >= 11 is 2.87. The Morgan fingerprint density at radius 3 is 2.55 bits per heavy atom. The maximum absolute atomic E-state index is 12.3. The summed E-state index contributed by atoms with van der Waals surface area (Å²) in [6.45, 7) is 0. The van der Waals surface area contributed by atoms with E-state index >= 15 is 0 Å². The third kappa shape index (κ3) is 4.69. The van der Waals surface area contributed by atoms with E-state index in [-0.39, 0.29) is 29.4 Å². The Balaban J connectivity index is 1.33. The molecule has 4 aromatic rings. The fourth-order valence-corrected chi connectivity index (χ4v) is 5.81. The molecular weight excluding hydrogens is 426 g/mol. The van der Waals surface area contributed by atoms with Gasteiger partial charge in [-0.05, 0) is 30.7 Å². The number of hydrogen-bond acceptors (Lipinski definition) is 7. The predicted molar refractivity (Wildman–Crippen MR) is 117 cm³/mol. The van der Waals surface area contributed by atoms with Gasteiger partial charge in [0, 0.05) is 11.8 Å². The number of para-hydroxylation sites is 1. The number of nitrogens with zero attached hydrogens (tertiary/aromatic N) is 2. The number of nitrogens with one attached hydrogen (secondary N) is 1. The lowest BCUT2D eigenvalue weighted by atomic mass is 10.3. The van der Waals surface area contributed by atoms with Gasteiger partial charge >= 0.3 is 0 Å². The topological polar surface area (TPSA) is 89.0 Å². The Hall–Kier alpha value is -2.62.